The highest BCUT2D eigenvalue weighted by atomic mass is 16.7. The average molecular weight is 753 g/mol. The van der Waals surface area contributed by atoms with Crippen molar-refractivity contribution in [1.82, 2.24) is 0 Å². The van der Waals surface area contributed by atoms with E-state index in [4.69, 9.17) is 28.4 Å². The van der Waals surface area contributed by atoms with Crippen molar-refractivity contribution < 1.29 is 73.8 Å². The number of carbonyl (C=O) groups is 2. The number of esters is 2. The second-order valence-corrected chi connectivity index (χ2v) is 14.1. The summed E-state index contributed by atoms with van der Waals surface area (Å²) in [5, 5.41) is 71.4. The first-order chi connectivity index (χ1) is 25.0. The Morgan fingerprint density at radius 3 is 1.50 bits per heavy atom. The summed E-state index contributed by atoms with van der Waals surface area (Å²) >= 11 is 0. The lowest BCUT2D eigenvalue weighted by atomic mass is 9.98. The van der Waals surface area contributed by atoms with Crippen LogP contribution in [0, 0.1) is 0 Å². The molecule has 4 unspecified atom stereocenters. The molecule has 0 aromatic carbocycles. The molecule has 2 aliphatic heterocycles. The van der Waals surface area contributed by atoms with Crippen molar-refractivity contribution in [3.63, 3.8) is 0 Å². The lowest BCUT2D eigenvalue weighted by Crippen LogP contribution is -2.61. The molecule has 2 fully saturated rings. The monoisotopic (exact) mass is 752 g/mol. The van der Waals surface area contributed by atoms with Crippen LogP contribution in [0.1, 0.15) is 129 Å². The molecule has 7 N–H and O–H groups in total. The topological polar surface area (TPSA) is 231 Å². The fraction of sp³-hybridized carbons (Fsp3) is 0.946. The van der Waals surface area contributed by atoms with E-state index in [2.05, 4.69) is 13.8 Å². The summed E-state index contributed by atoms with van der Waals surface area (Å²) in [4.78, 5) is 25.3. The van der Waals surface area contributed by atoms with Crippen molar-refractivity contribution in [2.45, 2.75) is 197 Å². The minimum Gasteiger partial charge on any atom is -0.462 e. The third kappa shape index (κ3) is 17.3. The maximum atomic E-state index is 12.7. The van der Waals surface area contributed by atoms with Crippen molar-refractivity contribution in [2.24, 2.45) is 0 Å². The molecule has 306 valence electrons. The largest absolute Gasteiger partial charge is 0.462 e. The SMILES string of the molecule is CCCCCCCCCCCC(=O)OC[C@H](CO[C@@H]1O[C@H](CO[C@@H]2O[C@H](CO)[C@H](O)C(O)C2O)[C@H](O)C(O)C1O)OC(=O)CCCCCCCCC. The summed E-state index contributed by atoms with van der Waals surface area (Å²) < 4.78 is 33.2. The molecule has 0 amide bonds. The Hall–Kier alpha value is -1.50. The molecule has 15 nitrogen and oxygen atoms in total. The Morgan fingerprint density at radius 2 is 0.981 bits per heavy atom. The van der Waals surface area contributed by atoms with Gasteiger partial charge >= 0.3 is 11.9 Å². The Morgan fingerprint density at radius 1 is 0.538 bits per heavy atom. The predicted molar refractivity (Wildman–Crippen MR) is 188 cm³/mol. The second-order valence-electron chi connectivity index (χ2n) is 14.1. The van der Waals surface area contributed by atoms with E-state index in [1.807, 2.05) is 0 Å². The van der Waals surface area contributed by atoms with Crippen molar-refractivity contribution in [1.29, 1.82) is 0 Å². The summed E-state index contributed by atoms with van der Waals surface area (Å²) in [6, 6.07) is 0. The van der Waals surface area contributed by atoms with E-state index in [1.165, 1.54) is 38.5 Å². The van der Waals surface area contributed by atoms with E-state index < -0.39 is 92.7 Å². The molecule has 0 bridgehead atoms. The van der Waals surface area contributed by atoms with Crippen LogP contribution in [0.3, 0.4) is 0 Å². The Bertz CT molecular complexity index is 939. The van der Waals surface area contributed by atoms with Gasteiger partial charge in [-0.1, -0.05) is 104 Å². The van der Waals surface area contributed by atoms with Crippen molar-refractivity contribution >= 4 is 11.9 Å². The van der Waals surface area contributed by atoms with E-state index in [0.29, 0.717) is 12.8 Å². The number of aliphatic hydroxyl groups excluding tert-OH is 7. The smallest absolute Gasteiger partial charge is 0.306 e. The summed E-state index contributed by atoms with van der Waals surface area (Å²) in [7, 11) is 0. The van der Waals surface area contributed by atoms with Gasteiger partial charge in [-0.3, -0.25) is 9.59 Å². The lowest BCUT2D eigenvalue weighted by molar-refractivity contribution is -0.332. The predicted octanol–water partition coefficient (Wildman–Crippen LogP) is 2.14. The van der Waals surface area contributed by atoms with Gasteiger partial charge in [-0.05, 0) is 12.8 Å². The molecule has 2 aliphatic rings. The first-order valence-corrected chi connectivity index (χ1v) is 19.6. The molecule has 0 saturated carbocycles. The molecule has 2 saturated heterocycles. The zero-order valence-corrected chi connectivity index (χ0v) is 31.3. The van der Waals surface area contributed by atoms with Crippen LogP contribution in [-0.4, -0.2) is 142 Å². The second kappa shape index (κ2) is 27.1. The van der Waals surface area contributed by atoms with Gasteiger partial charge in [0.25, 0.3) is 0 Å². The average Bonchev–Trinajstić information content (AvgIpc) is 3.13. The van der Waals surface area contributed by atoms with Crippen LogP contribution in [0.15, 0.2) is 0 Å². The van der Waals surface area contributed by atoms with Gasteiger partial charge in [-0.15, -0.1) is 0 Å². The van der Waals surface area contributed by atoms with Crippen LogP contribution in [0.25, 0.3) is 0 Å². The number of aliphatic hydroxyl groups is 7. The quantitative estimate of drug-likeness (QED) is 0.0449. The van der Waals surface area contributed by atoms with Crippen LogP contribution in [0.5, 0.6) is 0 Å². The molecular formula is C37H68O15. The van der Waals surface area contributed by atoms with Gasteiger partial charge in [-0.2, -0.15) is 0 Å². The van der Waals surface area contributed by atoms with Gasteiger partial charge in [0.2, 0.25) is 0 Å². The fourth-order valence-electron chi connectivity index (χ4n) is 6.21. The standard InChI is InChI=1S/C37H68O15/c1-3-5-7-9-11-12-14-15-17-19-28(39)47-22-25(50-29(40)20-18-16-13-10-8-6-4-2)23-48-36-35(46)33(44)31(42)27(52-36)24-49-37-34(45)32(43)30(41)26(21-38)51-37/h25-27,30-38,41-46H,3-24H2,1-2H3/t25-,26-,27-,30+,31+,32?,33?,34?,35?,36-,37-/m1/s1. The fourth-order valence-corrected chi connectivity index (χ4v) is 6.21. The third-order valence-electron chi connectivity index (χ3n) is 9.59. The molecule has 0 spiro atoms. The van der Waals surface area contributed by atoms with Crippen molar-refractivity contribution in [3.05, 3.63) is 0 Å². The summed E-state index contributed by atoms with van der Waals surface area (Å²) in [6.07, 6.45) is 0.628. The highest BCUT2D eigenvalue weighted by Crippen LogP contribution is 2.26. The van der Waals surface area contributed by atoms with Crippen molar-refractivity contribution in [2.75, 3.05) is 26.4 Å². The summed E-state index contributed by atoms with van der Waals surface area (Å²) in [5.41, 5.74) is 0. The normalized spacial score (nSPS) is 29.9. The maximum Gasteiger partial charge on any atom is 0.306 e. The molecular weight excluding hydrogens is 684 g/mol. The van der Waals surface area contributed by atoms with Gasteiger partial charge in [0.05, 0.1) is 19.8 Å². The third-order valence-corrected chi connectivity index (χ3v) is 9.59. The van der Waals surface area contributed by atoms with Crippen LogP contribution < -0.4 is 0 Å². The van der Waals surface area contributed by atoms with E-state index >= 15 is 0 Å². The van der Waals surface area contributed by atoms with E-state index in [1.54, 1.807) is 0 Å². The number of carbonyl (C=O) groups excluding carboxylic acids is 2. The Kier molecular flexibility index (Phi) is 24.3. The first-order valence-electron chi connectivity index (χ1n) is 19.6. The molecule has 0 radical (unpaired) electrons. The zero-order valence-electron chi connectivity index (χ0n) is 31.3. The van der Waals surface area contributed by atoms with Crippen molar-refractivity contribution in [3.8, 4) is 0 Å². The Labute approximate surface area is 308 Å². The lowest BCUT2D eigenvalue weighted by Gasteiger charge is -2.42. The molecule has 2 heterocycles. The highest BCUT2D eigenvalue weighted by Gasteiger charge is 2.47. The van der Waals surface area contributed by atoms with E-state index in [0.717, 1.165) is 51.4 Å². The molecule has 0 aromatic heterocycles. The number of hydrogen-bond acceptors (Lipinski definition) is 15. The molecule has 15 heteroatoms. The van der Waals surface area contributed by atoms with Gasteiger partial charge < -0.3 is 64.2 Å². The maximum absolute atomic E-state index is 12.7. The molecule has 11 atom stereocenters. The highest BCUT2D eigenvalue weighted by molar-refractivity contribution is 5.70. The molecule has 0 aromatic rings. The van der Waals surface area contributed by atoms with Gasteiger partial charge in [-0.25, -0.2) is 0 Å². The van der Waals surface area contributed by atoms with Gasteiger partial charge in [0, 0.05) is 12.8 Å². The van der Waals surface area contributed by atoms with E-state index in [-0.39, 0.29) is 26.1 Å². The Balaban J connectivity index is 1.91. The zero-order chi connectivity index (χ0) is 38.3. The van der Waals surface area contributed by atoms with Crippen LogP contribution in [0.2, 0.25) is 0 Å². The number of hydrogen-bond donors (Lipinski definition) is 7. The molecule has 2 rings (SSSR count). The minimum absolute atomic E-state index is 0.168. The number of unbranched alkanes of at least 4 members (excludes halogenated alkanes) is 14. The summed E-state index contributed by atoms with van der Waals surface area (Å²) in [6.45, 7) is 2.47. The number of ether oxygens (including phenoxy) is 6. The number of rotatable bonds is 28. The minimum atomic E-state index is -1.75. The van der Waals surface area contributed by atoms with Gasteiger partial charge in [0.1, 0.15) is 55.4 Å². The van der Waals surface area contributed by atoms with Crippen LogP contribution in [-0.2, 0) is 38.0 Å². The van der Waals surface area contributed by atoms with E-state index in [9.17, 15) is 45.3 Å². The first kappa shape index (κ1) is 46.7. The van der Waals surface area contributed by atoms with Crippen LogP contribution in [0.4, 0.5) is 0 Å². The van der Waals surface area contributed by atoms with Crippen LogP contribution >= 0.6 is 0 Å². The molecule has 0 aliphatic carbocycles. The molecule has 52 heavy (non-hydrogen) atoms. The van der Waals surface area contributed by atoms with Gasteiger partial charge in [0.15, 0.2) is 18.7 Å². The summed E-state index contributed by atoms with van der Waals surface area (Å²) in [5.74, 6) is -0.933.